The molecule has 0 aliphatic heterocycles. The number of aliphatic imine (C=N–C) groups is 1. The number of hydrogen-bond donors (Lipinski definition) is 2. The maximum absolute atomic E-state index is 5.92. The third-order valence-electron chi connectivity index (χ3n) is 3.79. The fourth-order valence-electron chi connectivity index (χ4n) is 2.55. The molecular formula is C20H23IN4O. The smallest absolute Gasteiger partial charge is 0.191 e. The van der Waals surface area contributed by atoms with Gasteiger partial charge in [0.05, 0.1) is 18.8 Å². The minimum absolute atomic E-state index is 0. The van der Waals surface area contributed by atoms with Gasteiger partial charge in [-0.3, -0.25) is 9.98 Å². The Kier molecular flexibility index (Phi) is 8.14. The molecule has 3 aromatic rings. The van der Waals surface area contributed by atoms with Crippen molar-refractivity contribution in [2.75, 3.05) is 20.2 Å². The molecule has 6 heteroatoms. The van der Waals surface area contributed by atoms with E-state index in [9.17, 15) is 0 Å². The zero-order valence-corrected chi connectivity index (χ0v) is 17.0. The number of guanidine groups is 1. The Morgan fingerprint density at radius 1 is 1.00 bits per heavy atom. The fraction of sp³-hybridized carbons (Fsp3) is 0.200. The largest absolute Gasteiger partial charge is 0.491 e. The Bertz CT molecular complexity index is 834. The molecule has 0 amide bonds. The molecule has 1 aromatic heterocycles. The highest BCUT2D eigenvalue weighted by Crippen LogP contribution is 2.24. The van der Waals surface area contributed by atoms with Gasteiger partial charge in [0, 0.05) is 18.6 Å². The van der Waals surface area contributed by atoms with Crippen molar-refractivity contribution in [2.45, 2.75) is 6.54 Å². The molecule has 0 atom stereocenters. The van der Waals surface area contributed by atoms with Crippen molar-refractivity contribution in [3.05, 3.63) is 72.6 Å². The number of nitrogens with one attached hydrogen (secondary N) is 2. The van der Waals surface area contributed by atoms with Gasteiger partial charge in [0.15, 0.2) is 5.96 Å². The topological polar surface area (TPSA) is 58.5 Å². The molecule has 3 rings (SSSR count). The van der Waals surface area contributed by atoms with Crippen molar-refractivity contribution in [2.24, 2.45) is 4.99 Å². The van der Waals surface area contributed by atoms with Crippen LogP contribution in [0.15, 0.2) is 71.9 Å². The number of hydrogen-bond acceptors (Lipinski definition) is 3. The molecule has 0 saturated carbocycles. The Morgan fingerprint density at radius 3 is 2.62 bits per heavy atom. The minimum atomic E-state index is 0. The summed E-state index contributed by atoms with van der Waals surface area (Å²) in [6.07, 6.45) is 1.78. The van der Waals surface area contributed by atoms with E-state index in [0.717, 1.165) is 22.8 Å². The van der Waals surface area contributed by atoms with Crippen LogP contribution in [0.2, 0.25) is 0 Å². The Balaban J connectivity index is 0.00000243. The van der Waals surface area contributed by atoms with Crippen LogP contribution in [-0.4, -0.2) is 31.1 Å². The number of rotatable bonds is 6. The molecule has 0 spiro atoms. The van der Waals surface area contributed by atoms with E-state index in [2.05, 4.69) is 38.8 Å². The SMILES string of the molecule is CN=C(NCCOc1cccc2ccccc12)NCc1ccccn1.I. The van der Waals surface area contributed by atoms with E-state index in [1.807, 2.05) is 42.5 Å². The van der Waals surface area contributed by atoms with Gasteiger partial charge in [-0.05, 0) is 23.6 Å². The second-order valence-corrected chi connectivity index (χ2v) is 5.50. The maximum atomic E-state index is 5.92. The molecule has 0 bridgehead atoms. The number of nitrogens with zero attached hydrogens (tertiary/aromatic N) is 2. The number of ether oxygens (including phenoxy) is 1. The van der Waals surface area contributed by atoms with Crippen LogP contribution in [0.25, 0.3) is 10.8 Å². The normalized spacial score (nSPS) is 10.9. The lowest BCUT2D eigenvalue weighted by Gasteiger charge is -2.13. The summed E-state index contributed by atoms with van der Waals surface area (Å²) in [5.74, 6) is 1.63. The van der Waals surface area contributed by atoms with E-state index in [-0.39, 0.29) is 24.0 Å². The van der Waals surface area contributed by atoms with Gasteiger partial charge in [-0.25, -0.2) is 0 Å². The lowest BCUT2D eigenvalue weighted by atomic mass is 10.1. The minimum Gasteiger partial charge on any atom is -0.491 e. The number of pyridine rings is 1. The fourth-order valence-corrected chi connectivity index (χ4v) is 2.55. The zero-order valence-electron chi connectivity index (χ0n) is 14.7. The molecule has 0 fully saturated rings. The molecule has 0 radical (unpaired) electrons. The average Bonchev–Trinajstić information content (AvgIpc) is 2.68. The summed E-state index contributed by atoms with van der Waals surface area (Å²) in [5.41, 5.74) is 0.970. The van der Waals surface area contributed by atoms with Crippen LogP contribution in [0.5, 0.6) is 5.75 Å². The standard InChI is InChI=1S/C20H22N4O.HI/c1-21-20(24-15-17-9-4-5-12-22-17)23-13-14-25-19-11-6-8-16-7-2-3-10-18(16)19;/h2-12H,13-15H2,1H3,(H2,21,23,24);1H. The van der Waals surface area contributed by atoms with E-state index >= 15 is 0 Å². The van der Waals surface area contributed by atoms with Crippen LogP contribution in [0.4, 0.5) is 0 Å². The lowest BCUT2D eigenvalue weighted by molar-refractivity contribution is 0.325. The van der Waals surface area contributed by atoms with E-state index in [4.69, 9.17) is 4.74 Å². The van der Waals surface area contributed by atoms with Gasteiger partial charge in [-0.1, -0.05) is 42.5 Å². The lowest BCUT2D eigenvalue weighted by Crippen LogP contribution is -2.39. The van der Waals surface area contributed by atoms with Crippen molar-refractivity contribution >= 4 is 40.7 Å². The first-order valence-electron chi connectivity index (χ1n) is 8.32. The highest BCUT2D eigenvalue weighted by molar-refractivity contribution is 14.0. The van der Waals surface area contributed by atoms with Crippen molar-refractivity contribution < 1.29 is 4.74 Å². The molecule has 0 unspecified atom stereocenters. The third-order valence-corrected chi connectivity index (χ3v) is 3.79. The maximum Gasteiger partial charge on any atom is 0.191 e. The first-order valence-corrected chi connectivity index (χ1v) is 8.32. The molecular weight excluding hydrogens is 439 g/mol. The number of benzene rings is 2. The summed E-state index contributed by atoms with van der Waals surface area (Å²) < 4.78 is 5.92. The average molecular weight is 462 g/mol. The van der Waals surface area contributed by atoms with Gasteiger partial charge in [0.2, 0.25) is 0 Å². The molecule has 5 nitrogen and oxygen atoms in total. The monoisotopic (exact) mass is 462 g/mol. The first-order chi connectivity index (χ1) is 12.4. The molecule has 0 aliphatic rings. The second-order valence-electron chi connectivity index (χ2n) is 5.50. The summed E-state index contributed by atoms with van der Waals surface area (Å²) in [4.78, 5) is 8.49. The highest BCUT2D eigenvalue weighted by Gasteiger charge is 2.02. The van der Waals surface area contributed by atoms with Crippen molar-refractivity contribution in [3.63, 3.8) is 0 Å². The van der Waals surface area contributed by atoms with Crippen LogP contribution in [0.3, 0.4) is 0 Å². The van der Waals surface area contributed by atoms with Crippen molar-refractivity contribution in [1.29, 1.82) is 0 Å². The number of aromatic nitrogens is 1. The summed E-state index contributed by atoms with van der Waals surface area (Å²) in [5, 5.41) is 8.79. The quantitative estimate of drug-likeness (QED) is 0.255. The van der Waals surface area contributed by atoms with Gasteiger partial charge >= 0.3 is 0 Å². The molecule has 0 aliphatic carbocycles. The van der Waals surface area contributed by atoms with Crippen molar-refractivity contribution in [1.82, 2.24) is 15.6 Å². The van der Waals surface area contributed by atoms with E-state index in [1.54, 1.807) is 13.2 Å². The van der Waals surface area contributed by atoms with Gasteiger partial charge < -0.3 is 15.4 Å². The van der Waals surface area contributed by atoms with E-state index in [0.29, 0.717) is 19.7 Å². The van der Waals surface area contributed by atoms with Gasteiger partial charge in [-0.2, -0.15) is 0 Å². The van der Waals surface area contributed by atoms with Gasteiger partial charge in [0.1, 0.15) is 12.4 Å². The zero-order chi connectivity index (χ0) is 17.3. The van der Waals surface area contributed by atoms with Gasteiger partial charge in [0.25, 0.3) is 0 Å². The predicted octanol–water partition coefficient (Wildman–Crippen LogP) is 3.60. The summed E-state index contributed by atoms with van der Waals surface area (Å²) in [6.45, 7) is 1.84. The molecule has 0 saturated heterocycles. The predicted molar refractivity (Wildman–Crippen MR) is 117 cm³/mol. The number of fused-ring (bicyclic) bond motifs is 1. The Hall–Kier alpha value is -2.35. The summed E-state index contributed by atoms with van der Waals surface area (Å²) >= 11 is 0. The Labute approximate surface area is 170 Å². The van der Waals surface area contributed by atoms with Crippen LogP contribution < -0.4 is 15.4 Å². The van der Waals surface area contributed by atoms with E-state index < -0.39 is 0 Å². The Morgan fingerprint density at radius 2 is 1.81 bits per heavy atom. The first kappa shape index (κ1) is 20.0. The van der Waals surface area contributed by atoms with E-state index in [1.165, 1.54) is 5.39 Å². The second kappa shape index (κ2) is 10.6. The van der Waals surface area contributed by atoms with Crippen LogP contribution in [0, 0.1) is 0 Å². The van der Waals surface area contributed by atoms with Crippen molar-refractivity contribution in [3.8, 4) is 5.75 Å². The van der Waals surface area contributed by atoms with Crippen LogP contribution in [0.1, 0.15) is 5.69 Å². The third kappa shape index (κ3) is 5.59. The highest BCUT2D eigenvalue weighted by atomic mass is 127. The van der Waals surface area contributed by atoms with Gasteiger partial charge in [-0.15, -0.1) is 24.0 Å². The summed E-state index contributed by atoms with van der Waals surface area (Å²) in [6, 6.07) is 20.2. The van der Waals surface area contributed by atoms with Crippen LogP contribution >= 0.6 is 24.0 Å². The molecule has 2 N–H and O–H groups in total. The number of halogens is 1. The molecule has 1 heterocycles. The molecule has 136 valence electrons. The van der Waals surface area contributed by atoms with Crippen LogP contribution in [-0.2, 0) is 6.54 Å². The molecule has 26 heavy (non-hydrogen) atoms. The summed E-state index contributed by atoms with van der Waals surface area (Å²) in [7, 11) is 1.75. The molecule has 2 aromatic carbocycles.